The van der Waals surface area contributed by atoms with Crippen molar-refractivity contribution in [2.75, 3.05) is 0 Å². The largest absolute Gasteiger partial charge is 0.368 e. The van der Waals surface area contributed by atoms with Crippen LogP contribution in [0.4, 0.5) is 0 Å². The van der Waals surface area contributed by atoms with Crippen molar-refractivity contribution >= 4 is 11.8 Å². The van der Waals surface area contributed by atoms with Gasteiger partial charge in [0.2, 0.25) is 11.8 Å². The molecule has 1 rings (SSSR count). The number of nitrogens with one attached hydrogen (secondary N) is 1. The van der Waals surface area contributed by atoms with Crippen molar-refractivity contribution in [2.45, 2.75) is 31.3 Å². The lowest BCUT2D eigenvalue weighted by Crippen LogP contribution is -2.39. The molecule has 0 bridgehead atoms. The highest BCUT2D eigenvalue weighted by molar-refractivity contribution is 5.84. The first-order chi connectivity index (χ1) is 7.04. The Morgan fingerprint density at radius 2 is 2.40 bits per heavy atom. The van der Waals surface area contributed by atoms with Crippen molar-refractivity contribution in [3.8, 4) is 0 Å². The average Bonchev–Trinajstić information content (AvgIpc) is 2.47. The number of hydrogen-bond acceptors (Lipinski definition) is 3. The summed E-state index contributed by atoms with van der Waals surface area (Å²) in [7, 11) is 0. The quantitative estimate of drug-likeness (QED) is 0.523. The first kappa shape index (κ1) is 11.7. The van der Waals surface area contributed by atoms with E-state index in [9.17, 15) is 9.59 Å². The molecule has 1 heterocycles. The highest BCUT2D eigenvalue weighted by Crippen LogP contribution is 2.21. The van der Waals surface area contributed by atoms with Gasteiger partial charge in [-0.05, 0) is 19.3 Å². The monoisotopic (exact) mass is 211 g/mol. The van der Waals surface area contributed by atoms with Gasteiger partial charge in [-0.1, -0.05) is 6.08 Å². The van der Waals surface area contributed by atoms with E-state index in [-0.39, 0.29) is 17.9 Å². The SMILES string of the molecule is C=CC[C@@H]1C[C@@H](C[C@H](N)C(N)=O)C(=O)N1. The third-order valence-electron chi connectivity index (χ3n) is 2.64. The minimum atomic E-state index is -0.733. The third-order valence-corrected chi connectivity index (χ3v) is 2.64. The molecule has 0 radical (unpaired) electrons. The lowest BCUT2D eigenvalue weighted by molar-refractivity contribution is -0.123. The molecule has 15 heavy (non-hydrogen) atoms. The Morgan fingerprint density at radius 3 is 2.93 bits per heavy atom. The summed E-state index contributed by atoms with van der Waals surface area (Å²) in [6.07, 6.45) is 3.54. The van der Waals surface area contributed by atoms with E-state index in [2.05, 4.69) is 11.9 Å². The fraction of sp³-hybridized carbons (Fsp3) is 0.600. The van der Waals surface area contributed by atoms with Crippen LogP contribution in [0.3, 0.4) is 0 Å². The minimum Gasteiger partial charge on any atom is -0.368 e. The number of nitrogens with two attached hydrogens (primary N) is 2. The van der Waals surface area contributed by atoms with Crippen LogP contribution in [0.5, 0.6) is 0 Å². The normalized spacial score (nSPS) is 27.1. The molecule has 3 atom stereocenters. The Bertz CT molecular complexity index is 278. The van der Waals surface area contributed by atoms with Gasteiger partial charge in [0.05, 0.1) is 6.04 Å². The summed E-state index contributed by atoms with van der Waals surface area (Å²) in [5.41, 5.74) is 10.5. The molecule has 0 aromatic carbocycles. The zero-order chi connectivity index (χ0) is 11.4. The molecule has 0 aromatic heterocycles. The first-order valence-electron chi connectivity index (χ1n) is 5.00. The number of carbonyl (C=O) groups excluding carboxylic acids is 2. The maximum Gasteiger partial charge on any atom is 0.234 e. The molecule has 84 valence electrons. The number of amides is 2. The molecule has 1 aliphatic heterocycles. The van der Waals surface area contributed by atoms with E-state index in [0.29, 0.717) is 12.8 Å². The van der Waals surface area contributed by atoms with Gasteiger partial charge >= 0.3 is 0 Å². The van der Waals surface area contributed by atoms with E-state index in [1.807, 2.05) is 0 Å². The average molecular weight is 211 g/mol. The zero-order valence-electron chi connectivity index (χ0n) is 8.61. The maximum atomic E-state index is 11.5. The van der Waals surface area contributed by atoms with Gasteiger partial charge in [0.15, 0.2) is 0 Å². The molecular weight excluding hydrogens is 194 g/mol. The minimum absolute atomic E-state index is 0.0430. The second-order valence-corrected chi connectivity index (χ2v) is 3.91. The van der Waals surface area contributed by atoms with Crippen LogP contribution in [0, 0.1) is 5.92 Å². The predicted molar refractivity (Wildman–Crippen MR) is 56.6 cm³/mol. The molecule has 0 aromatic rings. The number of rotatable bonds is 5. The Labute approximate surface area is 88.9 Å². The van der Waals surface area contributed by atoms with Crippen LogP contribution in [0.25, 0.3) is 0 Å². The zero-order valence-corrected chi connectivity index (χ0v) is 8.61. The van der Waals surface area contributed by atoms with Crippen LogP contribution in [0.1, 0.15) is 19.3 Å². The van der Waals surface area contributed by atoms with E-state index in [4.69, 9.17) is 11.5 Å². The molecule has 0 unspecified atom stereocenters. The van der Waals surface area contributed by atoms with Crippen molar-refractivity contribution < 1.29 is 9.59 Å². The summed E-state index contributed by atoms with van der Waals surface area (Å²) in [6.45, 7) is 3.61. The Balaban J connectivity index is 2.47. The lowest BCUT2D eigenvalue weighted by Gasteiger charge is -2.11. The summed E-state index contributed by atoms with van der Waals surface area (Å²) in [6, 6.07) is -0.608. The second kappa shape index (κ2) is 4.93. The van der Waals surface area contributed by atoms with E-state index in [1.54, 1.807) is 6.08 Å². The van der Waals surface area contributed by atoms with Gasteiger partial charge in [0, 0.05) is 12.0 Å². The molecule has 5 N–H and O–H groups in total. The molecule has 0 aliphatic carbocycles. The van der Waals surface area contributed by atoms with Gasteiger partial charge in [-0.25, -0.2) is 0 Å². The standard InChI is InChI=1S/C10H17N3O2/c1-2-3-7-4-6(10(15)13-7)5-8(11)9(12)14/h2,6-8H,1,3-5,11H2,(H2,12,14)(H,13,15)/t6-,7+,8-/m0/s1. The second-order valence-electron chi connectivity index (χ2n) is 3.91. The molecule has 0 spiro atoms. The molecule has 1 saturated heterocycles. The fourth-order valence-electron chi connectivity index (χ4n) is 1.81. The van der Waals surface area contributed by atoms with E-state index < -0.39 is 11.9 Å². The summed E-state index contributed by atoms with van der Waals surface area (Å²) < 4.78 is 0. The highest BCUT2D eigenvalue weighted by atomic mass is 16.2. The van der Waals surface area contributed by atoms with Gasteiger partial charge in [0.1, 0.15) is 0 Å². The number of carbonyl (C=O) groups is 2. The first-order valence-corrected chi connectivity index (χ1v) is 5.00. The van der Waals surface area contributed by atoms with Crippen LogP contribution in [-0.4, -0.2) is 23.9 Å². The Morgan fingerprint density at radius 1 is 1.73 bits per heavy atom. The van der Waals surface area contributed by atoms with Gasteiger partial charge in [-0.2, -0.15) is 0 Å². The van der Waals surface area contributed by atoms with E-state index in [0.717, 1.165) is 6.42 Å². The summed E-state index contributed by atoms with van der Waals surface area (Å²) >= 11 is 0. The molecule has 5 heteroatoms. The Kier molecular flexibility index (Phi) is 3.85. The van der Waals surface area contributed by atoms with E-state index in [1.165, 1.54) is 0 Å². The van der Waals surface area contributed by atoms with Crippen molar-refractivity contribution in [2.24, 2.45) is 17.4 Å². The van der Waals surface area contributed by atoms with Crippen molar-refractivity contribution in [1.29, 1.82) is 0 Å². The van der Waals surface area contributed by atoms with Crippen LogP contribution in [-0.2, 0) is 9.59 Å². The molecule has 1 fully saturated rings. The predicted octanol–water partition coefficient (Wildman–Crippen LogP) is -0.730. The third kappa shape index (κ3) is 3.06. The number of primary amides is 1. The van der Waals surface area contributed by atoms with Gasteiger partial charge in [-0.3, -0.25) is 9.59 Å². The summed E-state index contributed by atoms with van der Waals surface area (Å²) in [5.74, 6) is -0.800. The van der Waals surface area contributed by atoms with Gasteiger partial charge in [0.25, 0.3) is 0 Å². The van der Waals surface area contributed by atoms with Gasteiger partial charge < -0.3 is 16.8 Å². The fourth-order valence-corrected chi connectivity index (χ4v) is 1.81. The van der Waals surface area contributed by atoms with Crippen LogP contribution < -0.4 is 16.8 Å². The van der Waals surface area contributed by atoms with Crippen LogP contribution >= 0.6 is 0 Å². The topological polar surface area (TPSA) is 98.2 Å². The van der Waals surface area contributed by atoms with Gasteiger partial charge in [-0.15, -0.1) is 6.58 Å². The van der Waals surface area contributed by atoms with Crippen molar-refractivity contribution in [1.82, 2.24) is 5.32 Å². The summed E-state index contributed by atoms with van der Waals surface area (Å²) in [5, 5.41) is 2.83. The maximum absolute atomic E-state index is 11.5. The summed E-state index contributed by atoms with van der Waals surface area (Å²) in [4.78, 5) is 22.2. The number of hydrogen-bond donors (Lipinski definition) is 3. The molecule has 5 nitrogen and oxygen atoms in total. The molecule has 1 aliphatic rings. The Hall–Kier alpha value is -1.36. The van der Waals surface area contributed by atoms with Crippen molar-refractivity contribution in [3.63, 3.8) is 0 Å². The van der Waals surface area contributed by atoms with Crippen LogP contribution in [0.2, 0.25) is 0 Å². The van der Waals surface area contributed by atoms with Crippen molar-refractivity contribution in [3.05, 3.63) is 12.7 Å². The molecule has 0 saturated carbocycles. The lowest BCUT2D eigenvalue weighted by atomic mass is 9.96. The molecular formula is C10H17N3O2. The smallest absolute Gasteiger partial charge is 0.234 e. The molecule has 2 amide bonds. The van der Waals surface area contributed by atoms with Crippen LogP contribution in [0.15, 0.2) is 12.7 Å². The highest BCUT2D eigenvalue weighted by Gasteiger charge is 2.33. The van der Waals surface area contributed by atoms with E-state index >= 15 is 0 Å².